The fourth-order valence-corrected chi connectivity index (χ4v) is 2.07. The van der Waals surface area contributed by atoms with Gasteiger partial charge in [-0.25, -0.2) is 0 Å². The number of aromatic hydroxyl groups is 1. The summed E-state index contributed by atoms with van der Waals surface area (Å²) in [5, 5.41) is 14.7. The van der Waals surface area contributed by atoms with Crippen molar-refractivity contribution < 1.29 is 9.90 Å². The second-order valence-corrected chi connectivity index (χ2v) is 5.16. The van der Waals surface area contributed by atoms with E-state index < -0.39 is 0 Å². The second-order valence-electron chi connectivity index (χ2n) is 5.16. The first-order valence-electron chi connectivity index (χ1n) is 6.76. The van der Waals surface area contributed by atoms with Gasteiger partial charge in [-0.15, -0.1) is 0 Å². The Morgan fingerprint density at radius 1 is 1.25 bits per heavy atom. The minimum Gasteiger partial charge on any atom is -0.506 e. The zero-order valence-corrected chi connectivity index (χ0v) is 11.8. The highest BCUT2D eigenvalue weighted by molar-refractivity contribution is 6.03. The summed E-state index contributed by atoms with van der Waals surface area (Å²) in [4.78, 5) is 12.2. The fourth-order valence-electron chi connectivity index (χ4n) is 2.07. The SMILES string of the molecule is CC(CN)C(C)NC(=O)c1ccc2ccccc2c1O. The summed E-state index contributed by atoms with van der Waals surface area (Å²) in [6, 6.07) is 10.9. The number of phenolic OH excluding ortho intramolecular Hbond substituents is 1. The van der Waals surface area contributed by atoms with Crippen molar-refractivity contribution in [3.8, 4) is 5.75 Å². The number of fused-ring (bicyclic) bond motifs is 1. The number of benzene rings is 2. The van der Waals surface area contributed by atoms with E-state index in [1.165, 1.54) is 0 Å². The van der Waals surface area contributed by atoms with E-state index in [9.17, 15) is 9.90 Å². The van der Waals surface area contributed by atoms with Gasteiger partial charge >= 0.3 is 0 Å². The number of hydrogen-bond donors (Lipinski definition) is 3. The van der Waals surface area contributed by atoms with Gasteiger partial charge in [0, 0.05) is 11.4 Å². The number of amides is 1. The maximum atomic E-state index is 12.2. The molecule has 0 aliphatic rings. The lowest BCUT2D eigenvalue weighted by atomic mass is 10.0. The molecule has 2 rings (SSSR count). The minimum atomic E-state index is -0.277. The van der Waals surface area contributed by atoms with Crippen LogP contribution in [0.2, 0.25) is 0 Å². The van der Waals surface area contributed by atoms with E-state index in [1.807, 2.05) is 38.1 Å². The standard InChI is InChI=1S/C16H20N2O2/c1-10(9-17)11(2)18-16(20)14-8-7-12-5-3-4-6-13(12)15(14)19/h3-8,10-11,19H,9,17H2,1-2H3,(H,18,20). The summed E-state index contributed by atoms with van der Waals surface area (Å²) in [6.07, 6.45) is 0. The minimum absolute atomic E-state index is 0.0215. The molecule has 0 aliphatic heterocycles. The van der Waals surface area contributed by atoms with Gasteiger partial charge < -0.3 is 16.2 Å². The summed E-state index contributed by atoms with van der Waals surface area (Å²) < 4.78 is 0. The maximum Gasteiger partial charge on any atom is 0.255 e. The molecule has 4 heteroatoms. The third-order valence-electron chi connectivity index (χ3n) is 3.73. The van der Waals surface area contributed by atoms with Crippen LogP contribution in [-0.2, 0) is 0 Å². The molecule has 0 bridgehead atoms. The van der Waals surface area contributed by atoms with Gasteiger partial charge in [-0.1, -0.05) is 37.3 Å². The van der Waals surface area contributed by atoms with Crippen molar-refractivity contribution >= 4 is 16.7 Å². The predicted molar refractivity (Wildman–Crippen MR) is 80.8 cm³/mol. The van der Waals surface area contributed by atoms with Gasteiger partial charge in [0.2, 0.25) is 0 Å². The van der Waals surface area contributed by atoms with Gasteiger partial charge in [-0.05, 0) is 30.8 Å². The van der Waals surface area contributed by atoms with Crippen molar-refractivity contribution in [1.82, 2.24) is 5.32 Å². The number of carbonyl (C=O) groups excluding carboxylic acids is 1. The predicted octanol–water partition coefficient (Wildman–Crippen LogP) is 2.26. The van der Waals surface area contributed by atoms with Gasteiger partial charge in [0.15, 0.2) is 0 Å². The molecule has 0 aromatic heterocycles. The van der Waals surface area contributed by atoms with Gasteiger partial charge in [-0.2, -0.15) is 0 Å². The molecule has 0 heterocycles. The molecule has 2 unspecified atom stereocenters. The Kier molecular flexibility index (Phi) is 4.25. The molecule has 2 aromatic rings. The van der Waals surface area contributed by atoms with Crippen LogP contribution in [0.3, 0.4) is 0 Å². The van der Waals surface area contributed by atoms with E-state index in [0.29, 0.717) is 17.5 Å². The van der Waals surface area contributed by atoms with Gasteiger partial charge in [0.05, 0.1) is 5.56 Å². The third kappa shape index (κ3) is 2.75. The van der Waals surface area contributed by atoms with Crippen LogP contribution in [0.1, 0.15) is 24.2 Å². The van der Waals surface area contributed by atoms with Crippen LogP contribution in [0.4, 0.5) is 0 Å². The van der Waals surface area contributed by atoms with Gasteiger partial charge in [0.1, 0.15) is 5.75 Å². The molecule has 0 radical (unpaired) electrons. The lowest BCUT2D eigenvalue weighted by Gasteiger charge is -2.20. The Bertz CT molecular complexity index is 625. The van der Waals surface area contributed by atoms with Crippen LogP contribution in [0.5, 0.6) is 5.75 Å². The van der Waals surface area contributed by atoms with E-state index in [1.54, 1.807) is 12.1 Å². The zero-order chi connectivity index (χ0) is 14.7. The van der Waals surface area contributed by atoms with Gasteiger partial charge in [-0.3, -0.25) is 4.79 Å². The Morgan fingerprint density at radius 2 is 1.95 bits per heavy atom. The summed E-state index contributed by atoms with van der Waals surface area (Å²) in [7, 11) is 0. The van der Waals surface area contributed by atoms with Crippen molar-refractivity contribution in [2.75, 3.05) is 6.54 Å². The fraction of sp³-hybridized carbons (Fsp3) is 0.312. The zero-order valence-electron chi connectivity index (χ0n) is 11.8. The number of nitrogens with one attached hydrogen (secondary N) is 1. The number of hydrogen-bond acceptors (Lipinski definition) is 3. The molecule has 2 aromatic carbocycles. The molecule has 20 heavy (non-hydrogen) atoms. The van der Waals surface area contributed by atoms with Crippen molar-refractivity contribution in [2.24, 2.45) is 11.7 Å². The summed E-state index contributed by atoms with van der Waals surface area (Å²) in [5.74, 6) is -0.0733. The third-order valence-corrected chi connectivity index (χ3v) is 3.73. The molecule has 4 N–H and O–H groups in total. The monoisotopic (exact) mass is 272 g/mol. The van der Waals surface area contributed by atoms with Gasteiger partial charge in [0.25, 0.3) is 5.91 Å². The van der Waals surface area contributed by atoms with Crippen LogP contribution in [0.25, 0.3) is 10.8 Å². The second kappa shape index (κ2) is 5.92. The average Bonchev–Trinajstić information content (AvgIpc) is 2.46. The van der Waals surface area contributed by atoms with E-state index in [0.717, 1.165) is 5.39 Å². The molecular weight excluding hydrogens is 252 g/mol. The molecule has 0 saturated carbocycles. The van der Waals surface area contributed by atoms with Crippen LogP contribution < -0.4 is 11.1 Å². The molecular formula is C16H20N2O2. The normalized spacial score (nSPS) is 13.9. The Hall–Kier alpha value is -2.07. The highest BCUT2D eigenvalue weighted by Crippen LogP contribution is 2.28. The smallest absolute Gasteiger partial charge is 0.255 e. The maximum absolute atomic E-state index is 12.2. The van der Waals surface area contributed by atoms with Crippen LogP contribution in [0.15, 0.2) is 36.4 Å². The number of carbonyl (C=O) groups is 1. The number of rotatable bonds is 4. The van der Waals surface area contributed by atoms with Crippen LogP contribution in [0, 0.1) is 5.92 Å². The highest BCUT2D eigenvalue weighted by Gasteiger charge is 2.18. The molecule has 0 saturated heterocycles. The Balaban J connectivity index is 2.29. The van der Waals surface area contributed by atoms with Crippen molar-refractivity contribution in [1.29, 1.82) is 0 Å². The average molecular weight is 272 g/mol. The lowest BCUT2D eigenvalue weighted by molar-refractivity contribution is 0.0927. The first kappa shape index (κ1) is 14.3. The first-order chi connectivity index (χ1) is 9.54. The topological polar surface area (TPSA) is 75.3 Å². The Morgan fingerprint density at radius 3 is 2.65 bits per heavy atom. The molecule has 1 amide bonds. The molecule has 2 atom stereocenters. The summed E-state index contributed by atoms with van der Waals surface area (Å²) in [5.41, 5.74) is 5.88. The lowest BCUT2D eigenvalue weighted by Crippen LogP contribution is -2.39. The van der Waals surface area contributed by atoms with E-state index in [-0.39, 0.29) is 23.6 Å². The largest absolute Gasteiger partial charge is 0.506 e. The number of phenols is 1. The quantitative estimate of drug-likeness (QED) is 0.799. The first-order valence-corrected chi connectivity index (χ1v) is 6.76. The van der Waals surface area contributed by atoms with Crippen LogP contribution in [-0.4, -0.2) is 23.6 Å². The van der Waals surface area contributed by atoms with Crippen molar-refractivity contribution in [3.05, 3.63) is 42.0 Å². The van der Waals surface area contributed by atoms with E-state index in [2.05, 4.69) is 5.32 Å². The van der Waals surface area contributed by atoms with Crippen molar-refractivity contribution in [2.45, 2.75) is 19.9 Å². The van der Waals surface area contributed by atoms with Crippen LogP contribution >= 0.6 is 0 Å². The molecule has 4 nitrogen and oxygen atoms in total. The molecule has 0 fully saturated rings. The highest BCUT2D eigenvalue weighted by atomic mass is 16.3. The van der Waals surface area contributed by atoms with Crippen molar-refractivity contribution in [3.63, 3.8) is 0 Å². The number of nitrogens with two attached hydrogens (primary N) is 1. The summed E-state index contributed by atoms with van der Waals surface area (Å²) >= 11 is 0. The van der Waals surface area contributed by atoms with E-state index >= 15 is 0 Å². The van der Waals surface area contributed by atoms with E-state index in [4.69, 9.17) is 5.73 Å². The molecule has 0 spiro atoms. The molecule has 106 valence electrons. The molecule has 0 aliphatic carbocycles. The summed E-state index contributed by atoms with van der Waals surface area (Å²) in [6.45, 7) is 4.39. The Labute approximate surface area is 118 Å².